The van der Waals surface area contributed by atoms with Crippen LogP contribution >= 0.6 is 0 Å². The van der Waals surface area contributed by atoms with Crippen molar-refractivity contribution in [3.63, 3.8) is 0 Å². The fourth-order valence-corrected chi connectivity index (χ4v) is 2.74. The molecule has 1 aliphatic heterocycles. The molecule has 1 heterocycles. The Kier molecular flexibility index (Phi) is 6.84. The Morgan fingerprint density at radius 3 is 2.48 bits per heavy atom. The van der Waals surface area contributed by atoms with Crippen LogP contribution in [0.4, 0.5) is 0 Å². The molecule has 2 atom stereocenters. The van der Waals surface area contributed by atoms with Gasteiger partial charge < -0.3 is 10.2 Å². The molecular weight excluding hydrogens is 298 g/mol. The Balaban J connectivity index is 2.60. The van der Waals surface area contributed by atoms with Crippen molar-refractivity contribution in [3.05, 3.63) is 23.8 Å². The highest BCUT2D eigenvalue weighted by molar-refractivity contribution is 5.97. The highest BCUT2D eigenvalue weighted by Gasteiger charge is 2.32. The number of imide groups is 1. The molecule has 0 aromatic heterocycles. The van der Waals surface area contributed by atoms with Crippen molar-refractivity contribution >= 4 is 17.6 Å². The summed E-state index contributed by atoms with van der Waals surface area (Å²) in [5, 5.41) is 22.5. The minimum Gasteiger partial charge on any atom is -0.393 e. The van der Waals surface area contributed by atoms with E-state index in [2.05, 4.69) is 5.32 Å². The van der Waals surface area contributed by atoms with Crippen molar-refractivity contribution < 1.29 is 24.6 Å². The number of amides is 2. The number of Topliss-reactive ketones (excluding diaryl/α,β-unsaturated/α-hetero) is 1. The van der Waals surface area contributed by atoms with E-state index in [4.69, 9.17) is 0 Å². The highest BCUT2D eigenvalue weighted by atomic mass is 16.3. The van der Waals surface area contributed by atoms with E-state index >= 15 is 0 Å². The topological polar surface area (TPSA) is 104 Å². The lowest BCUT2D eigenvalue weighted by Crippen LogP contribution is -2.40. The molecule has 0 aromatic carbocycles. The van der Waals surface area contributed by atoms with Crippen LogP contribution < -0.4 is 5.32 Å². The highest BCUT2D eigenvalue weighted by Crippen LogP contribution is 2.22. The predicted molar refractivity (Wildman–Crippen MR) is 85.3 cm³/mol. The minimum absolute atomic E-state index is 0.160. The normalized spacial score (nSPS) is 21.2. The monoisotopic (exact) mass is 323 g/mol. The van der Waals surface area contributed by atoms with E-state index in [0.29, 0.717) is 0 Å². The van der Waals surface area contributed by atoms with Gasteiger partial charge in [0.15, 0.2) is 5.78 Å². The van der Waals surface area contributed by atoms with Crippen molar-refractivity contribution in [2.45, 2.75) is 58.2 Å². The number of piperidine rings is 1. The standard InChI is InChI=1S/C17H25NO5/c1-4-5-11(2)10-17(3,23)14(20)9-13(19)6-12-7-15(21)18-16(22)8-12/h4-5,10,12-13,19,23H,6-9H2,1-3H3,(H,18,21,22)/b5-4-,11-10+. The summed E-state index contributed by atoms with van der Waals surface area (Å²) in [6.07, 6.45) is 4.29. The molecule has 6 nitrogen and oxygen atoms in total. The molecule has 2 unspecified atom stereocenters. The summed E-state index contributed by atoms with van der Waals surface area (Å²) in [6.45, 7) is 4.98. The zero-order valence-corrected chi connectivity index (χ0v) is 13.8. The van der Waals surface area contributed by atoms with Crippen molar-refractivity contribution in [2.24, 2.45) is 5.92 Å². The first-order valence-corrected chi connectivity index (χ1v) is 7.72. The van der Waals surface area contributed by atoms with E-state index in [1.165, 1.54) is 13.0 Å². The third-order valence-electron chi connectivity index (χ3n) is 3.76. The first kappa shape index (κ1) is 19.3. The lowest BCUT2D eigenvalue weighted by molar-refractivity contribution is -0.135. The lowest BCUT2D eigenvalue weighted by Gasteiger charge is -2.25. The summed E-state index contributed by atoms with van der Waals surface area (Å²) < 4.78 is 0. The largest absolute Gasteiger partial charge is 0.393 e. The van der Waals surface area contributed by atoms with Gasteiger partial charge in [-0.2, -0.15) is 0 Å². The third kappa shape index (κ3) is 6.46. The van der Waals surface area contributed by atoms with Gasteiger partial charge >= 0.3 is 0 Å². The molecule has 0 aliphatic carbocycles. The number of hydrogen-bond acceptors (Lipinski definition) is 5. The Morgan fingerprint density at radius 2 is 1.96 bits per heavy atom. The maximum absolute atomic E-state index is 12.2. The quantitative estimate of drug-likeness (QED) is 0.479. The first-order chi connectivity index (χ1) is 10.6. The number of ketones is 1. The predicted octanol–water partition coefficient (Wildman–Crippen LogP) is 1.02. The summed E-state index contributed by atoms with van der Waals surface area (Å²) in [5.74, 6) is -1.49. The van der Waals surface area contributed by atoms with E-state index in [1.807, 2.05) is 6.92 Å². The average molecular weight is 323 g/mol. The van der Waals surface area contributed by atoms with Crippen LogP contribution in [0.3, 0.4) is 0 Å². The number of nitrogens with one attached hydrogen (secondary N) is 1. The molecule has 0 radical (unpaired) electrons. The Hall–Kier alpha value is -1.79. The summed E-state index contributed by atoms with van der Waals surface area (Å²) in [4.78, 5) is 34.8. The number of aliphatic hydroxyl groups is 2. The van der Waals surface area contributed by atoms with Crippen LogP contribution in [0.25, 0.3) is 0 Å². The molecule has 0 spiro atoms. The molecule has 128 valence electrons. The number of hydrogen-bond donors (Lipinski definition) is 3. The van der Waals surface area contributed by atoms with Gasteiger partial charge in [-0.25, -0.2) is 0 Å². The summed E-state index contributed by atoms with van der Waals surface area (Å²) in [5.41, 5.74) is -0.917. The molecule has 3 N–H and O–H groups in total. The van der Waals surface area contributed by atoms with E-state index in [1.54, 1.807) is 19.1 Å². The zero-order valence-electron chi connectivity index (χ0n) is 13.8. The van der Waals surface area contributed by atoms with Crippen LogP contribution in [-0.2, 0) is 14.4 Å². The Labute approximate surface area is 136 Å². The van der Waals surface area contributed by atoms with Crippen LogP contribution in [0.1, 0.15) is 46.5 Å². The smallest absolute Gasteiger partial charge is 0.226 e. The lowest BCUT2D eigenvalue weighted by atomic mass is 9.87. The fourth-order valence-electron chi connectivity index (χ4n) is 2.74. The number of carbonyl (C=O) groups is 3. The van der Waals surface area contributed by atoms with Crippen LogP contribution in [0, 0.1) is 5.92 Å². The molecule has 1 rings (SSSR count). The first-order valence-electron chi connectivity index (χ1n) is 7.72. The van der Waals surface area contributed by atoms with Crippen molar-refractivity contribution in [2.75, 3.05) is 0 Å². The zero-order chi connectivity index (χ0) is 17.6. The molecule has 1 aliphatic rings. The van der Waals surface area contributed by atoms with E-state index in [9.17, 15) is 24.6 Å². The molecule has 0 bridgehead atoms. The molecular formula is C17H25NO5. The summed E-state index contributed by atoms with van der Waals surface area (Å²) in [7, 11) is 0. The molecule has 1 saturated heterocycles. The molecule has 23 heavy (non-hydrogen) atoms. The number of rotatable bonds is 7. The molecule has 1 fully saturated rings. The van der Waals surface area contributed by atoms with Gasteiger partial charge in [-0.05, 0) is 39.2 Å². The third-order valence-corrected chi connectivity index (χ3v) is 3.76. The van der Waals surface area contributed by atoms with Gasteiger partial charge in [-0.1, -0.05) is 17.7 Å². The van der Waals surface area contributed by atoms with Gasteiger partial charge in [0.2, 0.25) is 11.8 Å². The van der Waals surface area contributed by atoms with E-state index in [0.717, 1.165) is 5.57 Å². The second-order valence-corrected chi connectivity index (χ2v) is 6.30. The average Bonchev–Trinajstić information content (AvgIpc) is 2.36. The maximum Gasteiger partial charge on any atom is 0.226 e. The summed E-state index contributed by atoms with van der Waals surface area (Å²) in [6, 6.07) is 0. The molecule has 6 heteroatoms. The maximum atomic E-state index is 12.2. The van der Waals surface area contributed by atoms with Gasteiger partial charge in [0.1, 0.15) is 5.60 Å². The van der Waals surface area contributed by atoms with Gasteiger partial charge in [0.05, 0.1) is 6.10 Å². The van der Waals surface area contributed by atoms with Crippen LogP contribution in [0.15, 0.2) is 23.8 Å². The van der Waals surface area contributed by atoms with Crippen LogP contribution in [0.2, 0.25) is 0 Å². The van der Waals surface area contributed by atoms with Gasteiger partial charge in [-0.3, -0.25) is 19.7 Å². The SMILES string of the molecule is C/C=C\C(C)=C\C(C)(O)C(=O)CC(O)CC1CC(=O)NC(=O)C1. The number of allylic oxidation sites excluding steroid dienone is 3. The summed E-state index contributed by atoms with van der Waals surface area (Å²) >= 11 is 0. The molecule has 0 aromatic rings. The van der Waals surface area contributed by atoms with Crippen LogP contribution in [-0.4, -0.2) is 39.5 Å². The van der Waals surface area contributed by atoms with Gasteiger partial charge in [-0.15, -0.1) is 0 Å². The second-order valence-electron chi connectivity index (χ2n) is 6.30. The van der Waals surface area contributed by atoms with Crippen molar-refractivity contribution in [1.29, 1.82) is 0 Å². The van der Waals surface area contributed by atoms with Crippen molar-refractivity contribution in [3.8, 4) is 0 Å². The fraction of sp³-hybridized carbons (Fsp3) is 0.588. The van der Waals surface area contributed by atoms with Crippen LogP contribution in [0.5, 0.6) is 0 Å². The second kappa shape index (κ2) is 8.17. The molecule has 2 amide bonds. The minimum atomic E-state index is -1.66. The van der Waals surface area contributed by atoms with E-state index in [-0.39, 0.29) is 43.4 Å². The number of carbonyl (C=O) groups excluding carboxylic acids is 3. The van der Waals surface area contributed by atoms with Crippen molar-refractivity contribution in [1.82, 2.24) is 5.32 Å². The Morgan fingerprint density at radius 1 is 1.39 bits per heavy atom. The van der Waals surface area contributed by atoms with Gasteiger partial charge in [0, 0.05) is 19.3 Å². The number of aliphatic hydroxyl groups excluding tert-OH is 1. The van der Waals surface area contributed by atoms with E-state index < -0.39 is 17.5 Å². The Bertz CT molecular complexity index is 517. The molecule has 0 saturated carbocycles. The van der Waals surface area contributed by atoms with Gasteiger partial charge in [0.25, 0.3) is 0 Å².